The number of carbonyl (C=O) groups excluding carboxylic acids is 2. The molecule has 24 heavy (non-hydrogen) atoms. The Morgan fingerprint density at radius 2 is 2.08 bits per heavy atom. The second-order valence-electron chi connectivity index (χ2n) is 6.66. The van der Waals surface area contributed by atoms with E-state index in [1.807, 2.05) is 24.9 Å². The fraction of sp³-hybridized carbons (Fsp3) is 0.688. The van der Waals surface area contributed by atoms with Gasteiger partial charge in [-0.1, -0.05) is 0 Å². The van der Waals surface area contributed by atoms with E-state index in [0.29, 0.717) is 32.5 Å². The highest BCUT2D eigenvalue weighted by atomic mass is 16.2. The molecule has 3 rings (SSSR count). The van der Waals surface area contributed by atoms with Crippen molar-refractivity contribution in [3.05, 3.63) is 18.2 Å². The van der Waals surface area contributed by atoms with Crippen molar-refractivity contribution in [1.29, 1.82) is 0 Å². The Morgan fingerprint density at radius 1 is 1.33 bits per heavy atom. The third kappa shape index (κ3) is 3.10. The quantitative estimate of drug-likeness (QED) is 0.792. The van der Waals surface area contributed by atoms with Gasteiger partial charge in [-0.05, 0) is 26.3 Å². The van der Waals surface area contributed by atoms with Gasteiger partial charge in [0.05, 0.1) is 6.54 Å². The minimum atomic E-state index is -0.465. The van der Waals surface area contributed by atoms with Crippen LogP contribution in [-0.4, -0.2) is 70.1 Å². The molecule has 1 spiro atoms. The van der Waals surface area contributed by atoms with Gasteiger partial charge in [-0.3, -0.25) is 9.69 Å². The number of aromatic nitrogens is 2. The Kier molecular flexibility index (Phi) is 4.75. The van der Waals surface area contributed by atoms with Crippen molar-refractivity contribution >= 4 is 11.9 Å². The van der Waals surface area contributed by atoms with Crippen molar-refractivity contribution in [2.45, 2.75) is 31.3 Å². The summed E-state index contributed by atoms with van der Waals surface area (Å²) in [4.78, 5) is 33.0. The first-order valence-corrected chi connectivity index (χ1v) is 8.51. The van der Waals surface area contributed by atoms with E-state index < -0.39 is 5.54 Å². The molecule has 0 aliphatic carbocycles. The van der Waals surface area contributed by atoms with Crippen LogP contribution in [0.15, 0.2) is 12.4 Å². The number of likely N-dealkylation sites (N-methyl/N-ethyl adjacent to an activating group) is 1. The Bertz CT molecular complexity index is 605. The number of amides is 3. The maximum Gasteiger partial charge on any atom is 0.317 e. The van der Waals surface area contributed by atoms with Gasteiger partial charge in [0.25, 0.3) is 0 Å². The molecule has 8 nitrogen and oxygen atoms in total. The van der Waals surface area contributed by atoms with E-state index in [1.165, 1.54) is 0 Å². The van der Waals surface area contributed by atoms with E-state index >= 15 is 0 Å². The highest BCUT2D eigenvalue weighted by molar-refractivity contribution is 5.87. The van der Waals surface area contributed by atoms with Gasteiger partial charge in [-0.2, -0.15) is 0 Å². The molecule has 132 valence electrons. The molecule has 0 unspecified atom stereocenters. The molecule has 8 heteroatoms. The summed E-state index contributed by atoms with van der Waals surface area (Å²) in [5, 5.41) is 5.93. The van der Waals surface area contributed by atoms with E-state index in [-0.39, 0.29) is 11.9 Å². The molecule has 1 aromatic heterocycles. The van der Waals surface area contributed by atoms with Gasteiger partial charge < -0.3 is 20.1 Å². The fourth-order valence-corrected chi connectivity index (χ4v) is 3.59. The molecule has 0 atom stereocenters. The molecule has 3 heterocycles. The van der Waals surface area contributed by atoms with Crippen LogP contribution in [0.3, 0.4) is 0 Å². The van der Waals surface area contributed by atoms with Crippen LogP contribution in [0.2, 0.25) is 0 Å². The van der Waals surface area contributed by atoms with Gasteiger partial charge in [0.1, 0.15) is 11.4 Å². The second-order valence-corrected chi connectivity index (χ2v) is 6.66. The van der Waals surface area contributed by atoms with Crippen LogP contribution < -0.4 is 10.6 Å². The first kappa shape index (κ1) is 16.8. The summed E-state index contributed by atoms with van der Waals surface area (Å²) >= 11 is 0. The lowest BCUT2D eigenvalue weighted by molar-refractivity contribution is -0.134. The van der Waals surface area contributed by atoms with E-state index in [2.05, 4.69) is 20.5 Å². The van der Waals surface area contributed by atoms with E-state index in [1.54, 1.807) is 11.1 Å². The average molecular weight is 334 g/mol. The van der Waals surface area contributed by atoms with Crippen LogP contribution >= 0.6 is 0 Å². The zero-order valence-corrected chi connectivity index (χ0v) is 14.4. The summed E-state index contributed by atoms with van der Waals surface area (Å²) in [6, 6.07) is -0.0930. The maximum atomic E-state index is 12.5. The highest BCUT2D eigenvalue weighted by Gasteiger charge is 2.46. The minimum absolute atomic E-state index is 0.0930. The first-order valence-electron chi connectivity index (χ1n) is 8.51. The van der Waals surface area contributed by atoms with Gasteiger partial charge >= 0.3 is 6.03 Å². The molecule has 1 aromatic rings. The van der Waals surface area contributed by atoms with Gasteiger partial charge in [0, 0.05) is 45.6 Å². The molecule has 2 saturated heterocycles. The Hall–Kier alpha value is -2.09. The highest BCUT2D eigenvalue weighted by Crippen LogP contribution is 2.29. The normalized spacial score (nSPS) is 21.4. The second kappa shape index (κ2) is 6.80. The van der Waals surface area contributed by atoms with Crippen molar-refractivity contribution < 1.29 is 9.59 Å². The van der Waals surface area contributed by atoms with Crippen molar-refractivity contribution in [3.8, 4) is 0 Å². The summed E-state index contributed by atoms with van der Waals surface area (Å²) in [5.74, 6) is 0.926. The number of rotatable bonds is 2. The number of carbonyl (C=O) groups is 2. The van der Waals surface area contributed by atoms with Crippen LogP contribution in [0.1, 0.15) is 25.1 Å². The lowest BCUT2D eigenvalue weighted by atomic mass is 9.85. The summed E-state index contributed by atoms with van der Waals surface area (Å²) in [7, 11) is 3.92. The largest absolute Gasteiger partial charge is 0.354 e. The van der Waals surface area contributed by atoms with Gasteiger partial charge in [0.15, 0.2) is 0 Å². The zero-order chi connectivity index (χ0) is 17.2. The van der Waals surface area contributed by atoms with E-state index in [9.17, 15) is 9.59 Å². The molecule has 0 radical (unpaired) electrons. The average Bonchev–Trinajstić information content (AvgIpc) is 2.95. The van der Waals surface area contributed by atoms with Crippen molar-refractivity contribution in [2.75, 3.05) is 33.2 Å². The Morgan fingerprint density at radius 3 is 2.75 bits per heavy atom. The molecule has 0 bridgehead atoms. The number of urea groups is 1. The summed E-state index contributed by atoms with van der Waals surface area (Å²) < 4.78 is 1.89. The number of likely N-dealkylation sites (tertiary alicyclic amines) is 1. The Balaban J connectivity index is 1.57. The molecule has 2 fully saturated rings. The molecule has 0 saturated carbocycles. The summed E-state index contributed by atoms with van der Waals surface area (Å²) in [6.07, 6.45) is 5.88. The van der Waals surface area contributed by atoms with Crippen LogP contribution in [-0.2, 0) is 18.4 Å². The standard InChI is InChI=1S/C16H26N6O2/c1-20-11-7-17-13(20)12-19-15(24)22-9-4-16(5-10-22)14(23)18-6-3-8-21(16)2/h7,11H,3-6,8-10,12H2,1-2H3,(H,18,23)(H,19,24). The number of hydrogen-bond donors (Lipinski definition) is 2. The maximum absolute atomic E-state index is 12.5. The molecule has 0 aromatic carbocycles. The Labute approximate surface area is 142 Å². The molecular weight excluding hydrogens is 308 g/mol. The van der Waals surface area contributed by atoms with Crippen LogP contribution in [0, 0.1) is 0 Å². The monoisotopic (exact) mass is 334 g/mol. The molecule has 2 aliphatic rings. The zero-order valence-electron chi connectivity index (χ0n) is 14.4. The van der Waals surface area contributed by atoms with E-state index in [4.69, 9.17) is 0 Å². The number of imidazole rings is 1. The molecule has 3 amide bonds. The SMILES string of the molecule is CN1CCCNC(=O)C12CCN(C(=O)NCc1nccn1C)CC2. The van der Waals surface area contributed by atoms with Gasteiger partial charge in [-0.25, -0.2) is 9.78 Å². The number of hydrogen-bond acceptors (Lipinski definition) is 4. The predicted molar refractivity (Wildman–Crippen MR) is 89.2 cm³/mol. The fourth-order valence-electron chi connectivity index (χ4n) is 3.59. The lowest BCUT2D eigenvalue weighted by Gasteiger charge is -2.44. The third-order valence-corrected chi connectivity index (χ3v) is 5.31. The van der Waals surface area contributed by atoms with Crippen molar-refractivity contribution in [3.63, 3.8) is 0 Å². The topological polar surface area (TPSA) is 82.5 Å². The summed E-state index contributed by atoms with van der Waals surface area (Å²) in [6.45, 7) is 3.22. The van der Waals surface area contributed by atoms with Crippen LogP contribution in [0.5, 0.6) is 0 Å². The van der Waals surface area contributed by atoms with Crippen molar-refractivity contribution in [2.24, 2.45) is 7.05 Å². The third-order valence-electron chi connectivity index (χ3n) is 5.31. The summed E-state index contributed by atoms with van der Waals surface area (Å²) in [5.41, 5.74) is -0.465. The number of nitrogens with one attached hydrogen (secondary N) is 2. The smallest absolute Gasteiger partial charge is 0.317 e. The number of nitrogens with zero attached hydrogens (tertiary/aromatic N) is 4. The van der Waals surface area contributed by atoms with Gasteiger partial charge in [0.2, 0.25) is 5.91 Å². The number of piperidine rings is 1. The van der Waals surface area contributed by atoms with Gasteiger partial charge in [-0.15, -0.1) is 0 Å². The number of aryl methyl sites for hydroxylation is 1. The minimum Gasteiger partial charge on any atom is -0.354 e. The lowest BCUT2D eigenvalue weighted by Crippen LogP contribution is -2.62. The van der Waals surface area contributed by atoms with Crippen LogP contribution in [0.25, 0.3) is 0 Å². The van der Waals surface area contributed by atoms with E-state index in [0.717, 1.165) is 25.3 Å². The molecule has 2 N–H and O–H groups in total. The first-order chi connectivity index (χ1) is 11.5. The molecular formula is C16H26N6O2. The molecule has 2 aliphatic heterocycles. The van der Waals surface area contributed by atoms with Crippen LogP contribution in [0.4, 0.5) is 4.79 Å². The van der Waals surface area contributed by atoms with Crippen molar-refractivity contribution in [1.82, 2.24) is 30.0 Å². The predicted octanol–water partition coefficient (Wildman–Crippen LogP) is -0.0840.